The summed E-state index contributed by atoms with van der Waals surface area (Å²) in [7, 11) is 2.00. The first-order valence-electron chi connectivity index (χ1n) is 4.60. The molecule has 0 aliphatic carbocycles. The molecule has 0 radical (unpaired) electrons. The molecule has 0 aromatic carbocycles. The third-order valence-corrected chi connectivity index (χ3v) is 2.43. The minimum atomic E-state index is 0.757. The molecule has 0 aliphatic rings. The van der Waals surface area contributed by atoms with Gasteiger partial charge < -0.3 is 4.57 Å². The lowest BCUT2D eigenvalue weighted by Crippen LogP contribution is -2.06. The Kier molecular flexibility index (Phi) is 3.26. The van der Waals surface area contributed by atoms with Gasteiger partial charge in [-0.05, 0) is 5.92 Å². The van der Waals surface area contributed by atoms with Crippen LogP contribution in [0.3, 0.4) is 0 Å². The number of nitrogens with zero attached hydrogens (tertiary/aromatic N) is 3. The maximum Gasteiger partial charge on any atom is 0.132 e. The van der Waals surface area contributed by atoms with E-state index < -0.39 is 0 Å². The number of hydrogen-bond acceptors (Lipinski definition) is 2. The molecule has 3 nitrogen and oxygen atoms in total. The van der Waals surface area contributed by atoms with Gasteiger partial charge in [0.15, 0.2) is 0 Å². The lowest BCUT2D eigenvalue weighted by Gasteiger charge is -2.10. The summed E-state index contributed by atoms with van der Waals surface area (Å²) in [4.78, 5) is 0. The first-order valence-corrected chi connectivity index (χ1v) is 4.60. The zero-order valence-electron chi connectivity index (χ0n) is 8.12. The molecular weight excluding hydrogens is 150 g/mol. The van der Waals surface area contributed by atoms with Gasteiger partial charge in [0, 0.05) is 13.5 Å². The second kappa shape index (κ2) is 4.24. The number of aryl methyl sites for hydroxylation is 1. The number of hydrogen-bond donors (Lipinski definition) is 0. The second-order valence-corrected chi connectivity index (χ2v) is 3.24. The molecule has 68 valence electrons. The Morgan fingerprint density at radius 3 is 2.50 bits per heavy atom. The van der Waals surface area contributed by atoms with Gasteiger partial charge in [0.1, 0.15) is 12.2 Å². The van der Waals surface area contributed by atoms with E-state index >= 15 is 0 Å². The maximum absolute atomic E-state index is 4.06. The van der Waals surface area contributed by atoms with Crippen LogP contribution in [0.2, 0.25) is 0 Å². The fourth-order valence-corrected chi connectivity index (χ4v) is 1.33. The van der Waals surface area contributed by atoms with Gasteiger partial charge in [0.2, 0.25) is 0 Å². The summed E-state index contributed by atoms with van der Waals surface area (Å²) in [5.74, 6) is 1.86. The lowest BCUT2D eigenvalue weighted by atomic mass is 9.99. The minimum absolute atomic E-state index is 0.757. The van der Waals surface area contributed by atoms with E-state index in [1.54, 1.807) is 6.33 Å². The maximum atomic E-state index is 4.06. The molecule has 1 aromatic rings. The van der Waals surface area contributed by atoms with Crippen LogP contribution in [0.5, 0.6) is 0 Å². The lowest BCUT2D eigenvalue weighted by molar-refractivity contribution is 0.471. The Labute approximate surface area is 73.8 Å². The van der Waals surface area contributed by atoms with Gasteiger partial charge in [-0.1, -0.05) is 26.7 Å². The molecule has 0 unspecified atom stereocenters. The van der Waals surface area contributed by atoms with Gasteiger partial charge in [-0.3, -0.25) is 0 Å². The molecule has 0 bridgehead atoms. The number of rotatable bonds is 4. The summed E-state index contributed by atoms with van der Waals surface area (Å²) in [6, 6.07) is 0. The van der Waals surface area contributed by atoms with E-state index in [-0.39, 0.29) is 0 Å². The minimum Gasteiger partial charge on any atom is -0.321 e. The quantitative estimate of drug-likeness (QED) is 0.684. The van der Waals surface area contributed by atoms with Crippen LogP contribution in [0.25, 0.3) is 0 Å². The fraction of sp³-hybridized carbons (Fsp3) is 0.778. The highest BCUT2D eigenvalue weighted by atomic mass is 15.2. The normalized spacial score (nSPS) is 11.0. The summed E-state index contributed by atoms with van der Waals surface area (Å²) in [5, 5.41) is 7.92. The third-order valence-electron chi connectivity index (χ3n) is 2.43. The van der Waals surface area contributed by atoms with Gasteiger partial charge in [-0.15, -0.1) is 10.2 Å². The average Bonchev–Trinajstić information content (AvgIpc) is 2.47. The largest absolute Gasteiger partial charge is 0.321 e. The summed E-state index contributed by atoms with van der Waals surface area (Å²) >= 11 is 0. The van der Waals surface area contributed by atoms with Crippen molar-refractivity contribution in [2.75, 3.05) is 0 Å². The van der Waals surface area contributed by atoms with Crippen LogP contribution in [-0.2, 0) is 13.5 Å². The Morgan fingerprint density at radius 1 is 1.42 bits per heavy atom. The van der Waals surface area contributed by atoms with Crippen LogP contribution in [0.1, 0.15) is 32.5 Å². The van der Waals surface area contributed by atoms with E-state index in [0.29, 0.717) is 0 Å². The molecule has 0 spiro atoms. The molecule has 12 heavy (non-hydrogen) atoms. The fourth-order valence-electron chi connectivity index (χ4n) is 1.33. The Morgan fingerprint density at radius 2 is 2.08 bits per heavy atom. The Hall–Kier alpha value is -0.860. The van der Waals surface area contributed by atoms with Gasteiger partial charge >= 0.3 is 0 Å². The molecule has 0 saturated heterocycles. The van der Waals surface area contributed by atoms with Crippen molar-refractivity contribution in [1.29, 1.82) is 0 Å². The van der Waals surface area contributed by atoms with Crippen LogP contribution >= 0.6 is 0 Å². The van der Waals surface area contributed by atoms with Crippen LogP contribution in [0.15, 0.2) is 6.33 Å². The van der Waals surface area contributed by atoms with Crippen molar-refractivity contribution < 1.29 is 0 Å². The summed E-state index contributed by atoms with van der Waals surface area (Å²) in [6.45, 7) is 4.45. The molecule has 3 heteroatoms. The van der Waals surface area contributed by atoms with Gasteiger partial charge in [0.25, 0.3) is 0 Å². The molecule has 0 N–H and O–H groups in total. The molecule has 1 heterocycles. The average molecular weight is 167 g/mol. The molecule has 0 amide bonds. The van der Waals surface area contributed by atoms with Crippen LogP contribution in [-0.4, -0.2) is 14.8 Å². The molecule has 0 saturated carbocycles. The first kappa shape index (κ1) is 9.23. The molecule has 1 rings (SSSR count). The van der Waals surface area contributed by atoms with Crippen LogP contribution in [0, 0.1) is 5.92 Å². The van der Waals surface area contributed by atoms with Crippen molar-refractivity contribution in [2.45, 2.75) is 33.1 Å². The van der Waals surface area contributed by atoms with Crippen molar-refractivity contribution in [3.05, 3.63) is 12.2 Å². The van der Waals surface area contributed by atoms with E-state index in [2.05, 4.69) is 24.0 Å². The van der Waals surface area contributed by atoms with Crippen molar-refractivity contribution in [3.8, 4) is 0 Å². The molecular formula is C9H17N3. The van der Waals surface area contributed by atoms with Crippen molar-refractivity contribution in [2.24, 2.45) is 13.0 Å². The predicted octanol–water partition coefficient (Wildman–Crippen LogP) is 1.79. The van der Waals surface area contributed by atoms with E-state index in [1.807, 2.05) is 11.6 Å². The first-order chi connectivity index (χ1) is 5.77. The van der Waals surface area contributed by atoms with Crippen LogP contribution in [0.4, 0.5) is 0 Å². The smallest absolute Gasteiger partial charge is 0.132 e. The highest BCUT2D eigenvalue weighted by Gasteiger charge is 2.08. The van der Waals surface area contributed by atoms with Crippen molar-refractivity contribution >= 4 is 0 Å². The van der Waals surface area contributed by atoms with Gasteiger partial charge in [-0.2, -0.15) is 0 Å². The SMILES string of the molecule is CCC(CC)Cc1nncn1C. The topological polar surface area (TPSA) is 30.7 Å². The monoisotopic (exact) mass is 167 g/mol. The van der Waals surface area contributed by atoms with E-state index in [9.17, 15) is 0 Å². The summed E-state index contributed by atoms with van der Waals surface area (Å²) in [5.41, 5.74) is 0. The highest BCUT2D eigenvalue weighted by Crippen LogP contribution is 2.12. The molecule has 0 fully saturated rings. The van der Waals surface area contributed by atoms with E-state index in [4.69, 9.17) is 0 Å². The molecule has 1 aromatic heterocycles. The van der Waals surface area contributed by atoms with Gasteiger partial charge in [-0.25, -0.2) is 0 Å². The highest BCUT2D eigenvalue weighted by molar-refractivity contribution is 4.86. The van der Waals surface area contributed by atoms with E-state index in [0.717, 1.165) is 18.2 Å². The summed E-state index contributed by atoms with van der Waals surface area (Å²) < 4.78 is 2.00. The number of aromatic nitrogens is 3. The second-order valence-electron chi connectivity index (χ2n) is 3.24. The zero-order chi connectivity index (χ0) is 8.97. The van der Waals surface area contributed by atoms with Crippen molar-refractivity contribution in [1.82, 2.24) is 14.8 Å². The van der Waals surface area contributed by atoms with Crippen LogP contribution < -0.4 is 0 Å². The predicted molar refractivity (Wildman–Crippen MR) is 48.8 cm³/mol. The standard InChI is InChI=1S/C9H17N3/c1-4-8(5-2)6-9-11-10-7-12(9)3/h7-8H,4-6H2,1-3H3. The Balaban J connectivity index is 2.56. The zero-order valence-corrected chi connectivity index (χ0v) is 8.12. The Bertz CT molecular complexity index is 225. The van der Waals surface area contributed by atoms with E-state index in [1.165, 1.54) is 12.8 Å². The molecule has 0 aliphatic heterocycles. The summed E-state index contributed by atoms with van der Waals surface area (Å²) in [6.07, 6.45) is 5.27. The third kappa shape index (κ3) is 2.06. The van der Waals surface area contributed by atoms with Gasteiger partial charge in [0.05, 0.1) is 0 Å². The molecule has 0 atom stereocenters. The van der Waals surface area contributed by atoms with Crippen molar-refractivity contribution in [3.63, 3.8) is 0 Å².